The van der Waals surface area contributed by atoms with Crippen molar-refractivity contribution < 1.29 is 4.79 Å². The van der Waals surface area contributed by atoms with E-state index in [1.807, 2.05) is 12.1 Å². The molecule has 0 unspecified atom stereocenters. The highest BCUT2D eigenvalue weighted by molar-refractivity contribution is 6.02. The van der Waals surface area contributed by atoms with Gasteiger partial charge in [-0.3, -0.25) is 4.79 Å². The van der Waals surface area contributed by atoms with Crippen LogP contribution in [0.15, 0.2) is 30.5 Å². The quantitative estimate of drug-likeness (QED) is 0.944. The maximum Gasteiger partial charge on any atom is 0.277 e. The molecule has 116 valence electrons. The predicted molar refractivity (Wildman–Crippen MR) is 86.0 cm³/mol. The molecule has 2 heterocycles. The highest BCUT2D eigenvalue weighted by Crippen LogP contribution is 2.24. The van der Waals surface area contributed by atoms with E-state index in [0.29, 0.717) is 5.69 Å². The van der Waals surface area contributed by atoms with Gasteiger partial charge in [-0.2, -0.15) is 9.90 Å². The fraction of sp³-hybridized carbons (Fsp3) is 0.438. The Morgan fingerprint density at radius 2 is 1.91 bits per heavy atom. The van der Waals surface area contributed by atoms with Crippen LogP contribution in [-0.4, -0.2) is 34.0 Å². The third kappa shape index (κ3) is 3.27. The molecule has 0 bridgehead atoms. The van der Waals surface area contributed by atoms with E-state index in [2.05, 4.69) is 39.5 Å². The van der Waals surface area contributed by atoms with E-state index in [0.717, 1.165) is 24.7 Å². The maximum absolute atomic E-state index is 12.0. The van der Waals surface area contributed by atoms with Crippen LogP contribution in [0.2, 0.25) is 0 Å². The summed E-state index contributed by atoms with van der Waals surface area (Å²) >= 11 is 0. The van der Waals surface area contributed by atoms with Gasteiger partial charge in [-0.1, -0.05) is 6.92 Å². The zero-order valence-electron chi connectivity index (χ0n) is 13.0. The van der Waals surface area contributed by atoms with Crippen molar-refractivity contribution in [2.24, 2.45) is 13.0 Å². The van der Waals surface area contributed by atoms with Crippen molar-refractivity contribution >= 4 is 17.3 Å². The van der Waals surface area contributed by atoms with E-state index in [4.69, 9.17) is 0 Å². The Hall–Kier alpha value is -2.37. The first-order valence-electron chi connectivity index (χ1n) is 7.64. The van der Waals surface area contributed by atoms with Crippen LogP contribution in [0.4, 0.5) is 11.4 Å². The number of amides is 1. The van der Waals surface area contributed by atoms with Gasteiger partial charge in [0.1, 0.15) is 0 Å². The van der Waals surface area contributed by atoms with Crippen molar-refractivity contribution in [3.8, 4) is 0 Å². The SMILES string of the molecule is CC1CCN(c2ccc(NC(=O)c3cnn(C)n3)cc2)CC1. The van der Waals surface area contributed by atoms with Gasteiger partial charge < -0.3 is 10.2 Å². The molecule has 1 N–H and O–H groups in total. The lowest BCUT2D eigenvalue weighted by atomic mass is 9.99. The van der Waals surface area contributed by atoms with Gasteiger partial charge in [0.05, 0.1) is 6.20 Å². The number of nitrogens with zero attached hydrogens (tertiary/aromatic N) is 4. The van der Waals surface area contributed by atoms with Crippen molar-refractivity contribution in [3.63, 3.8) is 0 Å². The average Bonchev–Trinajstić information content (AvgIpc) is 2.96. The summed E-state index contributed by atoms with van der Waals surface area (Å²) in [6.45, 7) is 4.52. The molecule has 1 aliphatic heterocycles. The fourth-order valence-electron chi connectivity index (χ4n) is 2.67. The Morgan fingerprint density at radius 1 is 1.23 bits per heavy atom. The van der Waals surface area contributed by atoms with Crippen LogP contribution in [0.25, 0.3) is 0 Å². The molecule has 0 aliphatic carbocycles. The molecule has 1 aromatic heterocycles. The largest absolute Gasteiger partial charge is 0.372 e. The number of carbonyl (C=O) groups excluding carboxylic acids is 1. The first kappa shape index (κ1) is 14.6. The van der Waals surface area contributed by atoms with Crippen LogP contribution in [0, 0.1) is 5.92 Å². The van der Waals surface area contributed by atoms with Crippen LogP contribution >= 0.6 is 0 Å². The number of nitrogens with one attached hydrogen (secondary N) is 1. The molecule has 6 heteroatoms. The summed E-state index contributed by atoms with van der Waals surface area (Å²) in [6, 6.07) is 7.98. The highest BCUT2D eigenvalue weighted by atomic mass is 16.2. The number of rotatable bonds is 3. The molecular weight excluding hydrogens is 278 g/mol. The van der Waals surface area contributed by atoms with Crippen LogP contribution in [0.3, 0.4) is 0 Å². The van der Waals surface area contributed by atoms with Crippen molar-refractivity contribution in [2.45, 2.75) is 19.8 Å². The monoisotopic (exact) mass is 299 g/mol. The lowest BCUT2D eigenvalue weighted by Gasteiger charge is -2.32. The van der Waals surface area contributed by atoms with Crippen LogP contribution in [0.1, 0.15) is 30.3 Å². The third-order valence-corrected chi connectivity index (χ3v) is 4.11. The molecule has 2 aromatic rings. The van der Waals surface area contributed by atoms with Gasteiger partial charge in [0.2, 0.25) is 0 Å². The van der Waals surface area contributed by atoms with Gasteiger partial charge in [0.15, 0.2) is 5.69 Å². The van der Waals surface area contributed by atoms with E-state index in [9.17, 15) is 4.79 Å². The second-order valence-electron chi connectivity index (χ2n) is 5.89. The van der Waals surface area contributed by atoms with Crippen LogP contribution < -0.4 is 10.2 Å². The van der Waals surface area contributed by atoms with Crippen molar-refractivity contribution in [3.05, 3.63) is 36.2 Å². The first-order chi connectivity index (χ1) is 10.6. The Morgan fingerprint density at radius 3 is 2.50 bits per heavy atom. The van der Waals surface area contributed by atoms with E-state index in [1.54, 1.807) is 7.05 Å². The minimum atomic E-state index is -0.243. The van der Waals surface area contributed by atoms with Gasteiger partial charge in [0.25, 0.3) is 5.91 Å². The minimum Gasteiger partial charge on any atom is -0.372 e. The number of benzene rings is 1. The van der Waals surface area contributed by atoms with E-state index in [1.165, 1.54) is 29.5 Å². The number of aromatic nitrogens is 3. The summed E-state index contributed by atoms with van der Waals surface area (Å²) in [5.74, 6) is 0.578. The topological polar surface area (TPSA) is 63.1 Å². The summed E-state index contributed by atoms with van der Waals surface area (Å²) in [5.41, 5.74) is 2.30. The molecule has 0 radical (unpaired) electrons. The van der Waals surface area contributed by atoms with Crippen LogP contribution in [0.5, 0.6) is 0 Å². The predicted octanol–water partition coefficient (Wildman–Crippen LogP) is 2.30. The number of carbonyl (C=O) groups is 1. The van der Waals surface area contributed by atoms with Gasteiger partial charge >= 0.3 is 0 Å². The van der Waals surface area contributed by atoms with E-state index >= 15 is 0 Å². The molecule has 3 rings (SSSR count). The van der Waals surface area contributed by atoms with Gasteiger partial charge in [-0.25, -0.2) is 0 Å². The molecule has 22 heavy (non-hydrogen) atoms. The maximum atomic E-state index is 12.0. The minimum absolute atomic E-state index is 0.243. The van der Waals surface area contributed by atoms with Crippen LogP contribution in [-0.2, 0) is 7.05 Å². The van der Waals surface area contributed by atoms with Gasteiger partial charge in [0, 0.05) is 31.5 Å². The number of aryl methyl sites for hydroxylation is 1. The average molecular weight is 299 g/mol. The van der Waals surface area contributed by atoms with Crippen molar-refractivity contribution in [2.75, 3.05) is 23.3 Å². The summed E-state index contributed by atoms with van der Waals surface area (Å²) in [4.78, 5) is 15.8. The number of anilines is 2. The molecule has 0 spiro atoms. The Labute approximate surface area is 130 Å². The lowest BCUT2D eigenvalue weighted by molar-refractivity contribution is 0.102. The van der Waals surface area contributed by atoms with Crippen molar-refractivity contribution in [1.29, 1.82) is 0 Å². The van der Waals surface area contributed by atoms with E-state index < -0.39 is 0 Å². The summed E-state index contributed by atoms with van der Waals surface area (Å²) in [6.07, 6.45) is 3.94. The number of hydrogen-bond acceptors (Lipinski definition) is 4. The highest BCUT2D eigenvalue weighted by Gasteiger charge is 2.16. The number of hydrogen-bond donors (Lipinski definition) is 1. The third-order valence-electron chi connectivity index (χ3n) is 4.11. The molecule has 1 amide bonds. The zero-order chi connectivity index (χ0) is 15.5. The standard InChI is InChI=1S/C16H21N5O/c1-12-7-9-21(10-8-12)14-5-3-13(4-6-14)18-16(22)15-11-17-20(2)19-15/h3-6,11-12H,7-10H2,1-2H3,(H,18,22). The second kappa shape index (κ2) is 6.17. The molecule has 1 aliphatic rings. The summed E-state index contributed by atoms with van der Waals surface area (Å²) < 4.78 is 0. The fourth-order valence-corrected chi connectivity index (χ4v) is 2.67. The molecule has 0 atom stereocenters. The second-order valence-corrected chi connectivity index (χ2v) is 5.89. The summed E-state index contributed by atoms with van der Waals surface area (Å²) in [7, 11) is 1.69. The molecular formula is C16H21N5O. The normalized spacial score (nSPS) is 15.8. The molecule has 0 saturated carbocycles. The van der Waals surface area contributed by atoms with E-state index in [-0.39, 0.29) is 5.91 Å². The zero-order valence-corrected chi connectivity index (χ0v) is 13.0. The smallest absolute Gasteiger partial charge is 0.277 e. The Bertz CT molecular complexity index is 641. The Kier molecular flexibility index (Phi) is 4.09. The summed E-state index contributed by atoms with van der Waals surface area (Å²) in [5, 5.41) is 10.7. The molecule has 1 aromatic carbocycles. The number of piperidine rings is 1. The van der Waals surface area contributed by atoms with Crippen molar-refractivity contribution in [1.82, 2.24) is 15.0 Å². The van der Waals surface area contributed by atoms with Gasteiger partial charge in [-0.05, 0) is 43.0 Å². The molecule has 1 fully saturated rings. The Balaban J connectivity index is 1.63. The molecule has 1 saturated heterocycles. The van der Waals surface area contributed by atoms with Gasteiger partial charge in [-0.15, -0.1) is 5.10 Å². The lowest BCUT2D eigenvalue weighted by Crippen LogP contribution is -2.32. The molecule has 6 nitrogen and oxygen atoms in total. The first-order valence-corrected chi connectivity index (χ1v) is 7.64.